The van der Waals surface area contributed by atoms with Gasteiger partial charge in [0.15, 0.2) is 9.84 Å². The molecule has 0 saturated heterocycles. The molecule has 0 aromatic rings. The standard InChI is InChI=1S/C10H19ClO2S/c1-9(2)14(12,13)7-6-10(8-11)4-3-5-10/h9H,3-8H2,1-2H3. The van der Waals surface area contributed by atoms with E-state index in [9.17, 15) is 8.42 Å². The molecule has 84 valence electrons. The van der Waals surface area contributed by atoms with Crippen molar-refractivity contribution in [3.63, 3.8) is 0 Å². The fourth-order valence-electron chi connectivity index (χ4n) is 1.72. The van der Waals surface area contributed by atoms with Crippen LogP contribution >= 0.6 is 11.6 Å². The quantitative estimate of drug-likeness (QED) is 0.690. The van der Waals surface area contributed by atoms with E-state index in [4.69, 9.17) is 11.6 Å². The highest BCUT2D eigenvalue weighted by Gasteiger charge is 2.37. The largest absolute Gasteiger partial charge is 0.229 e. The second-order valence-electron chi connectivity index (χ2n) is 4.65. The highest BCUT2D eigenvalue weighted by molar-refractivity contribution is 7.91. The van der Waals surface area contributed by atoms with Crippen molar-refractivity contribution >= 4 is 21.4 Å². The summed E-state index contributed by atoms with van der Waals surface area (Å²) >= 11 is 5.87. The van der Waals surface area contributed by atoms with Crippen molar-refractivity contribution in [2.24, 2.45) is 5.41 Å². The second-order valence-corrected chi connectivity index (χ2v) is 7.60. The van der Waals surface area contributed by atoms with Crippen LogP contribution in [0.4, 0.5) is 0 Å². The monoisotopic (exact) mass is 238 g/mol. The zero-order valence-electron chi connectivity index (χ0n) is 8.92. The van der Waals surface area contributed by atoms with Crippen LogP contribution in [0.2, 0.25) is 0 Å². The van der Waals surface area contributed by atoms with Gasteiger partial charge in [0, 0.05) is 5.88 Å². The van der Waals surface area contributed by atoms with Gasteiger partial charge in [0.1, 0.15) is 0 Å². The zero-order valence-corrected chi connectivity index (χ0v) is 10.5. The van der Waals surface area contributed by atoms with Crippen molar-refractivity contribution in [3.8, 4) is 0 Å². The Morgan fingerprint density at radius 3 is 2.21 bits per heavy atom. The van der Waals surface area contributed by atoms with E-state index in [1.165, 1.54) is 6.42 Å². The SMILES string of the molecule is CC(C)S(=O)(=O)CCC1(CCl)CCC1. The van der Waals surface area contributed by atoms with Gasteiger partial charge in [-0.3, -0.25) is 0 Å². The van der Waals surface area contributed by atoms with Crippen LogP contribution < -0.4 is 0 Å². The van der Waals surface area contributed by atoms with E-state index in [-0.39, 0.29) is 10.7 Å². The molecule has 0 aromatic carbocycles. The molecule has 0 atom stereocenters. The molecule has 1 rings (SSSR count). The van der Waals surface area contributed by atoms with Crippen molar-refractivity contribution in [1.29, 1.82) is 0 Å². The van der Waals surface area contributed by atoms with Crippen molar-refractivity contribution in [2.75, 3.05) is 11.6 Å². The summed E-state index contributed by atoms with van der Waals surface area (Å²) in [5.41, 5.74) is 0.142. The Labute approximate surface area is 91.9 Å². The molecule has 14 heavy (non-hydrogen) atoms. The number of hydrogen-bond donors (Lipinski definition) is 0. The molecule has 1 aliphatic rings. The first-order chi connectivity index (χ1) is 6.42. The Bertz CT molecular complexity index is 273. The van der Waals surface area contributed by atoms with Gasteiger partial charge in [-0.05, 0) is 38.5 Å². The van der Waals surface area contributed by atoms with E-state index >= 15 is 0 Å². The summed E-state index contributed by atoms with van der Waals surface area (Å²) in [6.45, 7) is 3.48. The number of alkyl halides is 1. The topological polar surface area (TPSA) is 34.1 Å². The molecule has 2 nitrogen and oxygen atoms in total. The third-order valence-electron chi connectivity index (χ3n) is 3.33. The van der Waals surface area contributed by atoms with Crippen LogP contribution in [0.5, 0.6) is 0 Å². The Hall–Kier alpha value is 0.240. The lowest BCUT2D eigenvalue weighted by molar-refractivity contribution is 0.160. The molecule has 0 bridgehead atoms. The molecular formula is C10H19ClO2S. The third kappa shape index (κ3) is 2.63. The predicted molar refractivity (Wildman–Crippen MR) is 60.5 cm³/mol. The van der Waals surface area contributed by atoms with Crippen LogP contribution in [0.1, 0.15) is 39.5 Å². The molecule has 0 unspecified atom stereocenters. The van der Waals surface area contributed by atoms with Crippen molar-refractivity contribution in [2.45, 2.75) is 44.8 Å². The van der Waals surface area contributed by atoms with Gasteiger partial charge in [0.05, 0.1) is 11.0 Å². The summed E-state index contributed by atoms with van der Waals surface area (Å²) in [6.07, 6.45) is 4.15. The third-order valence-corrected chi connectivity index (χ3v) is 6.11. The van der Waals surface area contributed by atoms with Gasteiger partial charge in [0.25, 0.3) is 0 Å². The van der Waals surface area contributed by atoms with Crippen LogP contribution in [-0.2, 0) is 9.84 Å². The minimum atomic E-state index is -2.88. The van der Waals surface area contributed by atoms with Crippen LogP contribution in [-0.4, -0.2) is 25.3 Å². The lowest BCUT2D eigenvalue weighted by Crippen LogP contribution is -2.34. The molecule has 1 aliphatic carbocycles. The predicted octanol–water partition coefficient (Wildman–Crippen LogP) is 2.61. The maximum Gasteiger partial charge on any atom is 0.152 e. The lowest BCUT2D eigenvalue weighted by Gasteiger charge is -2.40. The summed E-state index contributed by atoms with van der Waals surface area (Å²) in [6, 6.07) is 0. The second kappa shape index (κ2) is 4.40. The van der Waals surface area contributed by atoms with E-state index in [2.05, 4.69) is 0 Å². The van der Waals surface area contributed by atoms with Gasteiger partial charge in [-0.25, -0.2) is 8.42 Å². The van der Waals surface area contributed by atoms with Gasteiger partial charge < -0.3 is 0 Å². The van der Waals surface area contributed by atoms with Crippen LogP contribution in [0.3, 0.4) is 0 Å². The van der Waals surface area contributed by atoms with Crippen LogP contribution in [0.25, 0.3) is 0 Å². The molecule has 0 amide bonds. The van der Waals surface area contributed by atoms with Gasteiger partial charge in [-0.1, -0.05) is 6.42 Å². The fourth-order valence-corrected chi connectivity index (χ4v) is 3.31. The van der Waals surface area contributed by atoms with Crippen molar-refractivity contribution in [1.82, 2.24) is 0 Å². The normalized spacial score (nSPS) is 20.9. The molecule has 0 spiro atoms. The number of hydrogen-bond acceptors (Lipinski definition) is 2. The molecule has 0 heterocycles. The van der Waals surface area contributed by atoms with Gasteiger partial charge in [-0.2, -0.15) is 0 Å². The van der Waals surface area contributed by atoms with E-state index in [1.54, 1.807) is 13.8 Å². The number of sulfone groups is 1. The van der Waals surface area contributed by atoms with E-state index in [0.29, 0.717) is 11.6 Å². The average molecular weight is 239 g/mol. The highest BCUT2D eigenvalue weighted by Crippen LogP contribution is 2.45. The molecular weight excluding hydrogens is 220 g/mol. The minimum absolute atomic E-state index is 0.142. The summed E-state index contributed by atoms with van der Waals surface area (Å²) in [7, 11) is -2.88. The molecule has 0 radical (unpaired) electrons. The Balaban J connectivity index is 2.47. The average Bonchev–Trinajstić information content (AvgIpc) is 2.02. The summed E-state index contributed by atoms with van der Waals surface area (Å²) in [4.78, 5) is 0. The molecule has 1 saturated carbocycles. The van der Waals surface area contributed by atoms with Crippen LogP contribution in [0.15, 0.2) is 0 Å². The van der Waals surface area contributed by atoms with Crippen molar-refractivity contribution < 1.29 is 8.42 Å². The molecule has 0 aliphatic heterocycles. The van der Waals surface area contributed by atoms with Crippen LogP contribution in [0, 0.1) is 5.41 Å². The molecule has 0 N–H and O–H groups in total. The maximum absolute atomic E-state index is 11.6. The Morgan fingerprint density at radius 2 is 1.93 bits per heavy atom. The summed E-state index contributed by atoms with van der Waals surface area (Å²) in [5.74, 6) is 0.915. The first kappa shape index (κ1) is 12.3. The van der Waals surface area contributed by atoms with Gasteiger partial charge in [0.2, 0.25) is 0 Å². The highest BCUT2D eigenvalue weighted by atomic mass is 35.5. The maximum atomic E-state index is 11.6. The first-order valence-corrected chi connectivity index (χ1v) is 7.44. The fraction of sp³-hybridized carbons (Fsp3) is 1.00. The van der Waals surface area contributed by atoms with E-state index in [0.717, 1.165) is 19.3 Å². The smallest absolute Gasteiger partial charge is 0.152 e. The number of rotatable bonds is 5. The Morgan fingerprint density at radius 1 is 1.36 bits per heavy atom. The van der Waals surface area contributed by atoms with Crippen molar-refractivity contribution in [3.05, 3.63) is 0 Å². The van der Waals surface area contributed by atoms with E-state index in [1.807, 2.05) is 0 Å². The lowest BCUT2D eigenvalue weighted by atomic mass is 9.68. The minimum Gasteiger partial charge on any atom is -0.229 e. The van der Waals surface area contributed by atoms with Gasteiger partial charge in [-0.15, -0.1) is 11.6 Å². The number of halogens is 1. The summed E-state index contributed by atoms with van der Waals surface area (Å²) in [5, 5.41) is -0.255. The molecule has 0 aromatic heterocycles. The van der Waals surface area contributed by atoms with E-state index < -0.39 is 9.84 Å². The summed E-state index contributed by atoms with van der Waals surface area (Å²) < 4.78 is 23.2. The molecule has 1 fully saturated rings. The first-order valence-electron chi connectivity index (χ1n) is 5.19. The zero-order chi connectivity index (χ0) is 10.8. The van der Waals surface area contributed by atoms with Gasteiger partial charge >= 0.3 is 0 Å². The Kier molecular flexibility index (Phi) is 3.87. The molecule has 4 heteroatoms.